The summed E-state index contributed by atoms with van der Waals surface area (Å²) in [6, 6.07) is 17.9. The zero-order chi connectivity index (χ0) is 20.4. The van der Waals surface area contributed by atoms with Crippen LogP contribution in [0, 0.1) is 18.3 Å². The Morgan fingerprint density at radius 2 is 1.93 bits per heavy atom. The van der Waals surface area contributed by atoms with E-state index in [9.17, 15) is 10.1 Å². The average molecular weight is 382 g/mol. The second-order valence-electron chi connectivity index (χ2n) is 7.18. The number of aromatic nitrogens is 2. The summed E-state index contributed by atoms with van der Waals surface area (Å²) in [5.41, 5.74) is 4.89. The minimum Gasteiger partial charge on any atom is -0.361 e. The van der Waals surface area contributed by atoms with Crippen LogP contribution in [0.3, 0.4) is 0 Å². The standard InChI is InChI=1S/C24H22N4O/c1-3-4-7-17-10-12-18(13-11-17)26-15-20-16(2)19(14-25)23-27-21-8-5-6-9-22(21)28(23)24(20)29/h5-6,8-13,15,26H,3-4,7H2,1-2H3. The number of benzene rings is 2. The molecule has 0 fully saturated rings. The van der Waals surface area contributed by atoms with E-state index in [1.165, 1.54) is 22.8 Å². The second kappa shape index (κ2) is 7.76. The number of aryl methyl sites for hydroxylation is 1. The van der Waals surface area contributed by atoms with E-state index in [1.54, 1.807) is 13.1 Å². The monoisotopic (exact) mass is 382 g/mol. The van der Waals surface area contributed by atoms with Gasteiger partial charge in [-0.1, -0.05) is 37.6 Å². The van der Waals surface area contributed by atoms with Gasteiger partial charge in [0.25, 0.3) is 5.56 Å². The quantitative estimate of drug-likeness (QED) is 0.568. The lowest BCUT2D eigenvalue weighted by molar-refractivity contribution is 0.795. The normalized spacial score (nSPS) is 11.8. The van der Waals surface area contributed by atoms with Crippen LogP contribution >= 0.6 is 0 Å². The number of anilines is 1. The third-order valence-electron chi connectivity index (χ3n) is 5.26. The largest absolute Gasteiger partial charge is 0.361 e. The van der Waals surface area contributed by atoms with Crippen LogP contribution in [-0.2, 0) is 6.42 Å². The maximum absolute atomic E-state index is 13.2. The summed E-state index contributed by atoms with van der Waals surface area (Å²) in [5.74, 6) is 0. The van der Waals surface area contributed by atoms with Gasteiger partial charge in [-0.15, -0.1) is 0 Å². The Balaban J connectivity index is 1.82. The third kappa shape index (κ3) is 3.34. The molecule has 0 aliphatic carbocycles. The zero-order valence-electron chi connectivity index (χ0n) is 16.6. The van der Waals surface area contributed by atoms with Crippen LogP contribution in [0.5, 0.6) is 0 Å². The van der Waals surface area contributed by atoms with E-state index in [-0.39, 0.29) is 5.56 Å². The van der Waals surface area contributed by atoms with Crippen molar-refractivity contribution in [1.82, 2.24) is 9.38 Å². The Hall–Kier alpha value is -3.65. The maximum Gasteiger partial charge on any atom is 0.265 e. The van der Waals surface area contributed by atoms with Gasteiger partial charge in [-0.25, -0.2) is 4.98 Å². The van der Waals surface area contributed by atoms with Gasteiger partial charge >= 0.3 is 0 Å². The SMILES string of the molecule is CCCCc1ccc(NC=c2c(C)c(C#N)c3nc4ccccc4n3c2=O)cc1. The molecule has 29 heavy (non-hydrogen) atoms. The first-order valence-electron chi connectivity index (χ1n) is 9.83. The molecule has 0 bridgehead atoms. The Morgan fingerprint density at radius 3 is 2.66 bits per heavy atom. The topological polar surface area (TPSA) is 70.2 Å². The van der Waals surface area contributed by atoms with Crippen molar-refractivity contribution in [1.29, 1.82) is 5.26 Å². The third-order valence-corrected chi connectivity index (χ3v) is 5.26. The van der Waals surface area contributed by atoms with Crippen LogP contribution in [0.15, 0.2) is 53.3 Å². The number of hydrogen-bond acceptors (Lipinski definition) is 4. The number of nitriles is 1. The number of imidazole rings is 1. The summed E-state index contributed by atoms with van der Waals surface area (Å²) in [6.45, 7) is 3.98. The van der Waals surface area contributed by atoms with Gasteiger partial charge in [0.05, 0.1) is 21.8 Å². The molecule has 5 nitrogen and oxygen atoms in total. The first-order chi connectivity index (χ1) is 14.1. The molecule has 0 amide bonds. The highest BCUT2D eigenvalue weighted by Gasteiger charge is 2.15. The minimum atomic E-state index is -0.183. The number of fused-ring (bicyclic) bond motifs is 3. The minimum absolute atomic E-state index is 0.183. The fraction of sp³-hybridized carbons (Fsp3) is 0.208. The highest BCUT2D eigenvalue weighted by Crippen LogP contribution is 2.17. The molecule has 144 valence electrons. The molecule has 0 unspecified atom stereocenters. The van der Waals surface area contributed by atoms with Crippen LogP contribution in [0.1, 0.15) is 36.5 Å². The Bertz CT molecular complexity index is 1340. The van der Waals surface area contributed by atoms with Gasteiger partial charge in [0.2, 0.25) is 0 Å². The van der Waals surface area contributed by atoms with Crippen molar-refractivity contribution in [2.75, 3.05) is 5.32 Å². The number of nitrogens with one attached hydrogen (secondary N) is 1. The molecule has 0 spiro atoms. The number of pyridine rings is 1. The fourth-order valence-electron chi connectivity index (χ4n) is 3.59. The van der Waals surface area contributed by atoms with Gasteiger partial charge in [-0.05, 0) is 55.2 Å². The predicted octanol–water partition coefficient (Wildman–Crippen LogP) is 3.94. The highest BCUT2D eigenvalue weighted by atomic mass is 16.1. The molecule has 0 radical (unpaired) electrons. The van der Waals surface area contributed by atoms with Crippen molar-refractivity contribution < 1.29 is 0 Å². The van der Waals surface area contributed by atoms with Crippen molar-refractivity contribution >= 4 is 28.6 Å². The molecule has 1 N–H and O–H groups in total. The molecule has 4 aromatic rings. The van der Waals surface area contributed by atoms with Crippen LogP contribution in [-0.4, -0.2) is 9.38 Å². The van der Waals surface area contributed by atoms with Gasteiger partial charge in [0.1, 0.15) is 6.07 Å². The highest BCUT2D eigenvalue weighted by molar-refractivity contribution is 5.82. The fourth-order valence-corrected chi connectivity index (χ4v) is 3.59. The summed E-state index contributed by atoms with van der Waals surface area (Å²) in [4.78, 5) is 17.7. The second-order valence-corrected chi connectivity index (χ2v) is 7.18. The molecule has 0 saturated carbocycles. The molecule has 2 aromatic carbocycles. The molecule has 2 aromatic heterocycles. The molecule has 2 heterocycles. The Morgan fingerprint density at radius 1 is 1.17 bits per heavy atom. The lowest BCUT2D eigenvalue weighted by Gasteiger charge is -2.05. The van der Waals surface area contributed by atoms with Crippen molar-refractivity contribution in [3.05, 3.63) is 80.8 Å². The average Bonchev–Trinajstić information content (AvgIpc) is 3.12. The molecule has 0 aliphatic rings. The molecule has 0 saturated heterocycles. The van der Waals surface area contributed by atoms with Crippen LogP contribution < -0.4 is 16.1 Å². The first-order valence-corrected chi connectivity index (χ1v) is 9.83. The van der Waals surface area contributed by atoms with Gasteiger partial charge in [-0.3, -0.25) is 9.20 Å². The Kier molecular flexibility index (Phi) is 5.01. The van der Waals surface area contributed by atoms with Crippen LogP contribution in [0.2, 0.25) is 0 Å². The first kappa shape index (κ1) is 18.7. The molecule has 0 aliphatic heterocycles. The number of para-hydroxylation sites is 2. The zero-order valence-corrected chi connectivity index (χ0v) is 16.6. The van der Waals surface area contributed by atoms with Gasteiger partial charge < -0.3 is 5.32 Å². The van der Waals surface area contributed by atoms with Crippen molar-refractivity contribution in [2.24, 2.45) is 0 Å². The molecular weight excluding hydrogens is 360 g/mol. The Labute approximate surface area is 168 Å². The maximum atomic E-state index is 13.2. The van der Waals surface area contributed by atoms with Crippen molar-refractivity contribution in [3.63, 3.8) is 0 Å². The van der Waals surface area contributed by atoms with E-state index in [4.69, 9.17) is 0 Å². The number of rotatable bonds is 5. The molecule has 5 heteroatoms. The lowest BCUT2D eigenvalue weighted by atomic mass is 10.1. The van der Waals surface area contributed by atoms with Crippen molar-refractivity contribution in [2.45, 2.75) is 33.1 Å². The van der Waals surface area contributed by atoms with Crippen molar-refractivity contribution in [3.8, 4) is 6.07 Å². The molecule has 0 atom stereocenters. The van der Waals surface area contributed by atoms with Gasteiger partial charge in [0.15, 0.2) is 5.65 Å². The summed E-state index contributed by atoms with van der Waals surface area (Å²) < 4.78 is 1.53. The van der Waals surface area contributed by atoms with E-state index in [0.717, 1.165) is 12.1 Å². The van der Waals surface area contributed by atoms with Gasteiger partial charge in [-0.2, -0.15) is 5.26 Å². The summed E-state index contributed by atoms with van der Waals surface area (Å²) in [5, 5.41) is 13.4. The lowest BCUT2D eigenvalue weighted by Crippen LogP contribution is -2.34. The van der Waals surface area contributed by atoms with Crippen LogP contribution in [0.4, 0.5) is 5.69 Å². The van der Waals surface area contributed by atoms with Crippen LogP contribution in [0.25, 0.3) is 22.9 Å². The van der Waals surface area contributed by atoms with E-state index in [0.29, 0.717) is 33.0 Å². The van der Waals surface area contributed by atoms with E-state index < -0.39 is 0 Å². The number of nitrogens with zero attached hydrogens (tertiary/aromatic N) is 3. The van der Waals surface area contributed by atoms with E-state index in [1.807, 2.05) is 36.4 Å². The summed E-state index contributed by atoms with van der Waals surface area (Å²) >= 11 is 0. The smallest absolute Gasteiger partial charge is 0.265 e. The molecule has 4 rings (SSSR count). The predicted molar refractivity (Wildman–Crippen MR) is 117 cm³/mol. The van der Waals surface area contributed by atoms with E-state index in [2.05, 4.69) is 35.4 Å². The number of hydrogen-bond donors (Lipinski definition) is 1. The van der Waals surface area contributed by atoms with Gasteiger partial charge in [0, 0.05) is 11.9 Å². The summed E-state index contributed by atoms with van der Waals surface area (Å²) in [7, 11) is 0. The molecular formula is C24H22N4O. The summed E-state index contributed by atoms with van der Waals surface area (Å²) in [6.07, 6.45) is 5.10. The number of unbranched alkanes of at least 4 members (excludes halogenated alkanes) is 1. The van der Waals surface area contributed by atoms with E-state index >= 15 is 0 Å².